The first kappa shape index (κ1) is 23.2. The number of rotatable bonds is 9. The molecule has 1 aromatic carbocycles. The Kier molecular flexibility index (Phi) is 8.16. The summed E-state index contributed by atoms with van der Waals surface area (Å²) in [6.07, 6.45) is 11.8. The number of ether oxygens (including phenoxy) is 1. The maximum Gasteiger partial charge on any atom is 0.420 e. The lowest BCUT2D eigenvalue weighted by atomic mass is 10.1. The third kappa shape index (κ3) is 6.04. The molecule has 0 N–H and O–H groups in total. The van der Waals surface area contributed by atoms with Gasteiger partial charge in [0.1, 0.15) is 0 Å². The summed E-state index contributed by atoms with van der Waals surface area (Å²) in [5, 5.41) is 0.744. The summed E-state index contributed by atoms with van der Waals surface area (Å²) in [5.41, 5.74) is 2.39. The molecule has 0 aliphatic carbocycles. The highest BCUT2D eigenvalue weighted by atomic mass is 16.5. The van der Waals surface area contributed by atoms with Crippen LogP contribution >= 0.6 is 0 Å². The maximum absolute atomic E-state index is 12.4. The molecule has 0 amide bonds. The van der Waals surface area contributed by atoms with Gasteiger partial charge in [-0.2, -0.15) is 0 Å². The minimum Gasteiger partial charge on any atom is -0.490 e. The molecule has 0 unspecified atom stereocenters. The van der Waals surface area contributed by atoms with Crippen LogP contribution in [0.15, 0.2) is 58.0 Å². The molecule has 0 saturated carbocycles. The van der Waals surface area contributed by atoms with Crippen molar-refractivity contribution in [3.63, 3.8) is 0 Å². The summed E-state index contributed by atoms with van der Waals surface area (Å²) in [6.45, 7) is 5.76. The second-order valence-electron chi connectivity index (χ2n) is 7.63. The average molecular weight is 435 g/mol. The number of oxazole rings is 1. The van der Waals surface area contributed by atoms with Crippen LogP contribution in [0.5, 0.6) is 5.75 Å². The van der Waals surface area contributed by atoms with Gasteiger partial charge in [-0.1, -0.05) is 30.4 Å². The van der Waals surface area contributed by atoms with Gasteiger partial charge in [0, 0.05) is 12.1 Å². The molecule has 0 aliphatic heterocycles. The van der Waals surface area contributed by atoms with E-state index < -0.39 is 0 Å². The van der Waals surface area contributed by atoms with Crippen molar-refractivity contribution in [1.82, 2.24) is 19.4 Å². The van der Waals surface area contributed by atoms with Gasteiger partial charge in [0.2, 0.25) is 0 Å². The quantitative estimate of drug-likeness (QED) is 0.482. The number of hydrogen-bond donors (Lipinski definition) is 0. The van der Waals surface area contributed by atoms with Crippen molar-refractivity contribution >= 4 is 12.2 Å². The SMILES string of the molecule is CC=c1oc(=O)n(Cc2cccc(-c3ncc(OCCCN(C)C)cn3)c2)/c1=C/C=C\C. The zero-order valence-electron chi connectivity index (χ0n) is 19.1. The fourth-order valence-corrected chi connectivity index (χ4v) is 3.25. The van der Waals surface area contributed by atoms with E-state index in [4.69, 9.17) is 9.15 Å². The lowest BCUT2D eigenvalue weighted by Crippen LogP contribution is -2.32. The number of nitrogens with zero attached hydrogens (tertiary/aromatic N) is 4. The van der Waals surface area contributed by atoms with Crippen LogP contribution in [-0.2, 0) is 6.54 Å². The zero-order chi connectivity index (χ0) is 22.9. The second-order valence-corrected chi connectivity index (χ2v) is 7.63. The smallest absolute Gasteiger partial charge is 0.420 e. The van der Waals surface area contributed by atoms with Crippen molar-refractivity contribution in [2.75, 3.05) is 27.2 Å². The van der Waals surface area contributed by atoms with Crippen LogP contribution in [-0.4, -0.2) is 46.7 Å². The van der Waals surface area contributed by atoms with Crippen LogP contribution in [0, 0.1) is 0 Å². The lowest BCUT2D eigenvalue weighted by Gasteiger charge is -2.10. The topological polar surface area (TPSA) is 73.4 Å². The predicted octanol–water partition coefficient (Wildman–Crippen LogP) is 2.43. The summed E-state index contributed by atoms with van der Waals surface area (Å²) >= 11 is 0. The molecule has 2 aromatic heterocycles. The van der Waals surface area contributed by atoms with Crippen molar-refractivity contribution < 1.29 is 9.15 Å². The molecule has 0 atom stereocenters. The molecular weight excluding hydrogens is 404 g/mol. The van der Waals surface area contributed by atoms with E-state index in [0.717, 1.165) is 29.4 Å². The Balaban J connectivity index is 1.79. The largest absolute Gasteiger partial charge is 0.490 e. The molecule has 2 heterocycles. The van der Waals surface area contributed by atoms with Gasteiger partial charge >= 0.3 is 5.76 Å². The fraction of sp³-hybridized carbons (Fsp3) is 0.320. The summed E-state index contributed by atoms with van der Waals surface area (Å²) in [5.74, 6) is 0.878. The van der Waals surface area contributed by atoms with Gasteiger partial charge in [0.25, 0.3) is 0 Å². The van der Waals surface area contributed by atoms with Gasteiger partial charge < -0.3 is 14.1 Å². The number of hydrogen-bond acceptors (Lipinski definition) is 6. The Bertz CT molecular complexity index is 1220. The third-order valence-electron chi connectivity index (χ3n) is 4.84. The molecule has 0 bridgehead atoms. The van der Waals surface area contributed by atoms with E-state index in [2.05, 4.69) is 14.9 Å². The Morgan fingerprint density at radius 3 is 2.66 bits per heavy atom. The predicted molar refractivity (Wildman–Crippen MR) is 127 cm³/mol. The minimum absolute atomic E-state index is 0.383. The molecule has 0 saturated heterocycles. The van der Waals surface area contributed by atoms with Gasteiger partial charge in [0.05, 0.1) is 30.9 Å². The van der Waals surface area contributed by atoms with Gasteiger partial charge in [0.15, 0.2) is 17.0 Å². The van der Waals surface area contributed by atoms with Crippen LogP contribution in [0.1, 0.15) is 25.8 Å². The maximum atomic E-state index is 12.4. The summed E-state index contributed by atoms with van der Waals surface area (Å²) in [7, 11) is 4.08. The zero-order valence-corrected chi connectivity index (χ0v) is 19.1. The minimum atomic E-state index is -0.383. The molecule has 0 spiro atoms. The van der Waals surface area contributed by atoms with Crippen LogP contribution in [0.25, 0.3) is 23.5 Å². The normalized spacial score (nSPS) is 12.9. The van der Waals surface area contributed by atoms with Crippen LogP contribution in [0.3, 0.4) is 0 Å². The molecule has 168 valence electrons. The van der Waals surface area contributed by atoms with Gasteiger partial charge in [-0.05, 0) is 58.1 Å². The Morgan fingerprint density at radius 2 is 1.97 bits per heavy atom. The van der Waals surface area contributed by atoms with Crippen LogP contribution in [0.4, 0.5) is 0 Å². The van der Waals surface area contributed by atoms with E-state index in [1.807, 2.05) is 70.4 Å². The summed E-state index contributed by atoms with van der Waals surface area (Å²) in [6, 6.07) is 7.85. The van der Waals surface area contributed by atoms with Gasteiger partial charge in [-0.3, -0.25) is 4.57 Å². The number of aromatic nitrogens is 3. The molecule has 3 rings (SSSR count). The highest BCUT2D eigenvalue weighted by molar-refractivity contribution is 5.56. The van der Waals surface area contributed by atoms with E-state index in [9.17, 15) is 4.79 Å². The first-order valence-electron chi connectivity index (χ1n) is 10.7. The van der Waals surface area contributed by atoms with Crippen molar-refractivity contribution in [3.8, 4) is 17.1 Å². The van der Waals surface area contributed by atoms with E-state index in [0.29, 0.717) is 30.1 Å². The Labute approximate surface area is 188 Å². The number of allylic oxidation sites excluding steroid dienone is 2. The van der Waals surface area contributed by atoms with E-state index in [1.165, 1.54) is 0 Å². The van der Waals surface area contributed by atoms with E-state index in [-0.39, 0.29) is 5.76 Å². The monoisotopic (exact) mass is 434 g/mol. The van der Waals surface area contributed by atoms with Crippen LogP contribution in [0.2, 0.25) is 0 Å². The second kappa shape index (κ2) is 11.2. The summed E-state index contributed by atoms with van der Waals surface area (Å²) < 4.78 is 12.7. The number of benzene rings is 1. The average Bonchev–Trinajstić information content (AvgIpc) is 3.10. The standard InChI is InChI=1S/C25H30N4O3/c1-5-7-12-22-23(6-2)32-25(30)29(22)18-19-10-8-11-20(15-19)24-26-16-21(17-27-24)31-14-9-13-28(3)4/h5-8,10-12,15-17H,9,13-14,18H2,1-4H3/b7-5-,22-12+,23-6?. The molecule has 7 nitrogen and oxygen atoms in total. The van der Waals surface area contributed by atoms with Gasteiger partial charge in [-0.25, -0.2) is 14.8 Å². The highest BCUT2D eigenvalue weighted by Gasteiger charge is 2.08. The van der Waals surface area contributed by atoms with Crippen molar-refractivity contribution in [3.05, 3.63) is 75.7 Å². The Hall–Kier alpha value is -3.45. The third-order valence-corrected chi connectivity index (χ3v) is 4.84. The molecule has 3 aromatic rings. The van der Waals surface area contributed by atoms with Crippen molar-refractivity contribution in [2.45, 2.75) is 26.8 Å². The molecular formula is C25H30N4O3. The fourth-order valence-electron chi connectivity index (χ4n) is 3.25. The first-order chi connectivity index (χ1) is 15.5. The van der Waals surface area contributed by atoms with E-state index in [1.54, 1.807) is 23.0 Å². The highest BCUT2D eigenvalue weighted by Crippen LogP contribution is 2.18. The molecule has 0 aliphatic rings. The Morgan fingerprint density at radius 1 is 1.19 bits per heavy atom. The van der Waals surface area contributed by atoms with Crippen molar-refractivity contribution in [1.29, 1.82) is 0 Å². The van der Waals surface area contributed by atoms with Gasteiger partial charge in [-0.15, -0.1) is 0 Å². The summed E-state index contributed by atoms with van der Waals surface area (Å²) in [4.78, 5) is 23.4. The molecule has 0 radical (unpaired) electrons. The molecule has 32 heavy (non-hydrogen) atoms. The van der Waals surface area contributed by atoms with Crippen LogP contribution < -0.4 is 21.3 Å². The molecule has 0 fully saturated rings. The van der Waals surface area contributed by atoms with E-state index >= 15 is 0 Å². The lowest BCUT2D eigenvalue weighted by molar-refractivity contribution is 0.280. The van der Waals surface area contributed by atoms with Crippen molar-refractivity contribution in [2.24, 2.45) is 0 Å². The first-order valence-corrected chi connectivity index (χ1v) is 10.7. The molecule has 7 heteroatoms.